The summed E-state index contributed by atoms with van der Waals surface area (Å²) in [5, 5.41) is 0. The number of carbonyl (C=O) groups is 3. The Kier molecular flexibility index (Phi) is 4.41. The van der Waals surface area contributed by atoms with Crippen LogP contribution in [0.3, 0.4) is 0 Å². The quantitative estimate of drug-likeness (QED) is 0.637. The summed E-state index contributed by atoms with van der Waals surface area (Å²) >= 11 is 0. The van der Waals surface area contributed by atoms with Gasteiger partial charge in [0.15, 0.2) is 0 Å². The molecule has 23 heavy (non-hydrogen) atoms. The topological polar surface area (TPSA) is 104 Å². The first-order valence-electron chi connectivity index (χ1n) is 7.98. The van der Waals surface area contributed by atoms with Crippen molar-refractivity contribution in [3.63, 3.8) is 0 Å². The van der Waals surface area contributed by atoms with Gasteiger partial charge in [0, 0.05) is 44.4 Å². The molecule has 2 heterocycles. The van der Waals surface area contributed by atoms with Gasteiger partial charge in [0.05, 0.1) is 5.75 Å². The van der Waals surface area contributed by atoms with Crippen LogP contribution < -0.4 is 4.72 Å². The van der Waals surface area contributed by atoms with Gasteiger partial charge >= 0.3 is 0 Å². The van der Waals surface area contributed by atoms with E-state index in [1.165, 1.54) is 0 Å². The Bertz CT molecular complexity index is 612. The Labute approximate surface area is 135 Å². The summed E-state index contributed by atoms with van der Waals surface area (Å²) < 4.78 is 26.8. The number of likely N-dealkylation sites (tertiary alicyclic amines) is 2. The molecule has 0 radical (unpaired) electrons. The van der Waals surface area contributed by atoms with Crippen LogP contribution in [-0.4, -0.2) is 66.9 Å². The van der Waals surface area contributed by atoms with E-state index in [0.29, 0.717) is 13.0 Å². The smallest absolute Gasteiger partial charge is 0.229 e. The number of nitrogens with one attached hydrogen (secondary N) is 1. The van der Waals surface area contributed by atoms with Crippen LogP contribution in [0.15, 0.2) is 0 Å². The van der Waals surface area contributed by atoms with E-state index in [1.54, 1.807) is 4.90 Å². The highest BCUT2D eigenvalue weighted by Crippen LogP contribution is 2.30. The molecule has 1 atom stereocenters. The third-order valence-corrected chi connectivity index (χ3v) is 5.87. The lowest BCUT2D eigenvalue weighted by atomic mass is 10.1. The van der Waals surface area contributed by atoms with Crippen molar-refractivity contribution in [2.24, 2.45) is 0 Å². The summed E-state index contributed by atoms with van der Waals surface area (Å²) in [7, 11) is -3.64. The lowest BCUT2D eigenvalue weighted by Gasteiger charge is -2.25. The SMILES string of the molecule is O=C1CCCC(=O)N1CCS(=O)(=O)N[C@H]1CC(=O)N(C2CC2)C1. The molecule has 9 heteroatoms. The van der Waals surface area contributed by atoms with E-state index in [0.717, 1.165) is 17.7 Å². The van der Waals surface area contributed by atoms with Crippen molar-refractivity contribution in [2.45, 2.75) is 50.6 Å². The molecule has 128 valence electrons. The number of piperidine rings is 1. The maximum Gasteiger partial charge on any atom is 0.229 e. The Morgan fingerprint density at radius 1 is 1.04 bits per heavy atom. The van der Waals surface area contributed by atoms with Gasteiger partial charge in [-0.2, -0.15) is 0 Å². The molecule has 3 rings (SSSR count). The summed E-state index contributed by atoms with van der Waals surface area (Å²) in [6.07, 6.45) is 3.26. The second kappa shape index (κ2) is 6.20. The zero-order valence-electron chi connectivity index (χ0n) is 12.9. The Morgan fingerprint density at radius 3 is 2.30 bits per heavy atom. The fraction of sp³-hybridized carbons (Fsp3) is 0.786. The molecule has 3 aliphatic rings. The van der Waals surface area contributed by atoms with Crippen LogP contribution in [0.1, 0.15) is 38.5 Å². The fourth-order valence-electron chi connectivity index (χ4n) is 3.12. The van der Waals surface area contributed by atoms with Crippen molar-refractivity contribution in [3.8, 4) is 0 Å². The minimum absolute atomic E-state index is 0.0124. The Balaban J connectivity index is 1.52. The number of imide groups is 1. The van der Waals surface area contributed by atoms with Crippen LogP contribution in [0.5, 0.6) is 0 Å². The van der Waals surface area contributed by atoms with E-state index < -0.39 is 16.1 Å². The molecule has 0 aromatic carbocycles. The first kappa shape index (κ1) is 16.4. The molecule has 0 aromatic heterocycles. The molecule has 1 N–H and O–H groups in total. The third kappa shape index (κ3) is 3.89. The molecule has 3 amide bonds. The second-order valence-corrected chi connectivity index (χ2v) is 8.28. The van der Waals surface area contributed by atoms with Crippen LogP contribution in [0, 0.1) is 0 Å². The fourth-order valence-corrected chi connectivity index (χ4v) is 4.33. The largest absolute Gasteiger partial charge is 0.338 e. The highest BCUT2D eigenvalue weighted by Gasteiger charge is 2.40. The molecule has 8 nitrogen and oxygen atoms in total. The van der Waals surface area contributed by atoms with E-state index in [9.17, 15) is 22.8 Å². The van der Waals surface area contributed by atoms with Crippen LogP contribution in [0.25, 0.3) is 0 Å². The van der Waals surface area contributed by atoms with Gasteiger partial charge < -0.3 is 4.90 Å². The van der Waals surface area contributed by atoms with E-state index >= 15 is 0 Å². The van der Waals surface area contributed by atoms with Gasteiger partial charge in [-0.25, -0.2) is 13.1 Å². The first-order chi connectivity index (χ1) is 10.9. The lowest BCUT2D eigenvalue weighted by molar-refractivity contribution is -0.147. The van der Waals surface area contributed by atoms with E-state index in [1.807, 2.05) is 0 Å². The summed E-state index contributed by atoms with van der Waals surface area (Å²) in [6.45, 7) is 0.282. The third-order valence-electron chi connectivity index (χ3n) is 4.46. The van der Waals surface area contributed by atoms with Crippen molar-refractivity contribution in [1.82, 2.24) is 14.5 Å². The Hall–Kier alpha value is -1.48. The summed E-state index contributed by atoms with van der Waals surface area (Å²) in [4.78, 5) is 37.9. The highest BCUT2D eigenvalue weighted by molar-refractivity contribution is 7.89. The Morgan fingerprint density at radius 2 is 1.70 bits per heavy atom. The summed E-state index contributed by atoms with van der Waals surface area (Å²) in [5.41, 5.74) is 0. The number of nitrogens with zero attached hydrogens (tertiary/aromatic N) is 2. The van der Waals surface area contributed by atoms with Crippen molar-refractivity contribution < 1.29 is 22.8 Å². The summed E-state index contributed by atoms with van der Waals surface area (Å²) in [6, 6.07) is -0.138. The molecule has 2 aliphatic heterocycles. The van der Waals surface area contributed by atoms with E-state index in [-0.39, 0.29) is 55.3 Å². The number of hydrogen-bond donors (Lipinski definition) is 1. The maximum atomic E-state index is 12.2. The lowest BCUT2D eigenvalue weighted by Crippen LogP contribution is -2.45. The number of rotatable bonds is 6. The molecule has 0 aromatic rings. The van der Waals surface area contributed by atoms with Gasteiger partial charge in [-0.3, -0.25) is 19.3 Å². The maximum absolute atomic E-state index is 12.2. The van der Waals surface area contributed by atoms with Gasteiger partial charge in [0.25, 0.3) is 0 Å². The van der Waals surface area contributed by atoms with Crippen LogP contribution in [0.4, 0.5) is 0 Å². The van der Waals surface area contributed by atoms with Crippen LogP contribution >= 0.6 is 0 Å². The van der Waals surface area contributed by atoms with Crippen molar-refractivity contribution in [1.29, 1.82) is 0 Å². The number of carbonyl (C=O) groups excluding carboxylic acids is 3. The van der Waals surface area contributed by atoms with Gasteiger partial charge in [-0.05, 0) is 19.3 Å². The number of amides is 3. The van der Waals surface area contributed by atoms with Crippen molar-refractivity contribution >= 4 is 27.7 Å². The molecule has 0 bridgehead atoms. The number of hydrogen-bond acceptors (Lipinski definition) is 5. The molecule has 0 unspecified atom stereocenters. The highest BCUT2D eigenvalue weighted by atomic mass is 32.2. The molecule has 0 spiro atoms. The van der Waals surface area contributed by atoms with Crippen LogP contribution in [0.2, 0.25) is 0 Å². The van der Waals surface area contributed by atoms with Gasteiger partial charge in [0.2, 0.25) is 27.7 Å². The summed E-state index contributed by atoms with van der Waals surface area (Å²) in [5.74, 6) is -0.958. The average Bonchev–Trinajstić information content (AvgIpc) is 3.22. The first-order valence-corrected chi connectivity index (χ1v) is 9.63. The van der Waals surface area contributed by atoms with Gasteiger partial charge in [-0.1, -0.05) is 0 Å². The average molecular weight is 343 g/mol. The monoisotopic (exact) mass is 343 g/mol. The van der Waals surface area contributed by atoms with Crippen molar-refractivity contribution in [3.05, 3.63) is 0 Å². The van der Waals surface area contributed by atoms with Gasteiger partial charge in [0.1, 0.15) is 0 Å². The predicted octanol–water partition coefficient (Wildman–Crippen LogP) is -0.792. The normalized spacial score (nSPS) is 26.3. The minimum Gasteiger partial charge on any atom is -0.338 e. The van der Waals surface area contributed by atoms with Gasteiger partial charge in [-0.15, -0.1) is 0 Å². The zero-order valence-corrected chi connectivity index (χ0v) is 13.7. The molecule has 3 fully saturated rings. The van der Waals surface area contributed by atoms with E-state index in [2.05, 4.69) is 4.72 Å². The molecule has 1 saturated carbocycles. The molecular formula is C14H21N3O5S. The van der Waals surface area contributed by atoms with Crippen LogP contribution in [-0.2, 0) is 24.4 Å². The molecular weight excluding hydrogens is 322 g/mol. The van der Waals surface area contributed by atoms with E-state index in [4.69, 9.17) is 0 Å². The molecule has 2 saturated heterocycles. The molecule has 1 aliphatic carbocycles. The van der Waals surface area contributed by atoms with Crippen molar-refractivity contribution in [2.75, 3.05) is 18.8 Å². The minimum atomic E-state index is -3.64. The number of sulfonamides is 1. The zero-order chi connectivity index (χ0) is 16.6. The predicted molar refractivity (Wildman–Crippen MR) is 80.6 cm³/mol. The second-order valence-electron chi connectivity index (χ2n) is 6.41. The standard InChI is InChI=1S/C14H21N3O5S/c18-12-2-1-3-13(19)16(12)6-7-23(21,22)15-10-8-14(20)17(9-10)11-4-5-11/h10-11,15H,1-9H2/t10-/m0/s1.